The van der Waals surface area contributed by atoms with Crippen molar-refractivity contribution in [1.29, 1.82) is 0 Å². The number of benzene rings is 2. The quantitative estimate of drug-likeness (QED) is 0.645. The van der Waals surface area contributed by atoms with Crippen molar-refractivity contribution in [3.63, 3.8) is 0 Å². The Labute approximate surface area is 167 Å². The number of halogens is 2. The molecule has 0 aliphatic carbocycles. The molecule has 0 saturated carbocycles. The van der Waals surface area contributed by atoms with E-state index in [1.165, 1.54) is 28.6 Å². The van der Waals surface area contributed by atoms with Crippen LogP contribution >= 0.6 is 0 Å². The number of anilines is 1. The van der Waals surface area contributed by atoms with Crippen LogP contribution < -0.4 is 4.90 Å². The predicted molar refractivity (Wildman–Crippen MR) is 105 cm³/mol. The van der Waals surface area contributed by atoms with Crippen LogP contribution in [0.5, 0.6) is 0 Å². The van der Waals surface area contributed by atoms with E-state index in [0.717, 1.165) is 6.07 Å². The van der Waals surface area contributed by atoms with Crippen molar-refractivity contribution >= 4 is 26.8 Å². The number of oxazole rings is 1. The van der Waals surface area contributed by atoms with E-state index in [9.17, 15) is 17.2 Å². The van der Waals surface area contributed by atoms with Crippen molar-refractivity contribution in [2.75, 3.05) is 24.5 Å². The topological polar surface area (TPSA) is 66.7 Å². The van der Waals surface area contributed by atoms with E-state index >= 15 is 0 Å². The summed E-state index contributed by atoms with van der Waals surface area (Å²) in [5.41, 5.74) is 1.29. The van der Waals surface area contributed by atoms with Gasteiger partial charge in [0.05, 0.1) is 10.6 Å². The van der Waals surface area contributed by atoms with Crippen LogP contribution in [0.2, 0.25) is 0 Å². The van der Waals surface area contributed by atoms with Crippen LogP contribution in [0.4, 0.5) is 14.5 Å². The molecule has 29 heavy (non-hydrogen) atoms. The Morgan fingerprint density at radius 2 is 1.90 bits per heavy atom. The van der Waals surface area contributed by atoms with Gasteiger partial charge in [-0.2, -0.15) is 4.31 Å². The highest BCUT2D eigenvalue weighted by Crippen LogP contribution is 2.28. The molecule has 1 aliphatic rings. The minimum absolute atomic E-state index is 0.134. The van der Waals surface area contributed by atoms with Crippen molar-refractivity contribution in [3.05, 3.63) is 53.9 Å². The zero-order chi connectivity index (χ0) is 20.8. The summed E-state index contributed by atoms with van der Waals surface area (Å²) >= 11 is 0. The van der Waals surface area contributed by atoms with E-state index in [1.807, 2.05) is 6.92 Å². The number of aromatic nitrogens is 1. The standard InChI is InChI=1S/C20H21F2N3O3S/c1-13-7-8-24(19-6-3-15(21)11-17(19)22)9-10-25(13)29(26,27)16-4-5-18-20(12-16)28-14(2)23-18/h3-6,11-13H,7-10H2,1-2H3. The van der Waals surface area contributed by atoms with E-state index in [-0.39, 0.29) is 23.2 Å². The summed E-state index contributed by atoms with van der Waals surface area (Å²) in [5.74, 6) is -0.827. The summed E-state index contributed by atoms with van der Waals surface area (Å²) in [6.07, 6.45) is 0.514. The van der Waals surface area contributed by atoms with Gasteiger partial charge in [-0.15, -0.1) is 0 Å². The third-order valence-corrected chi connectivity index (χ3v) is 7.23. The van der Waals surface area contributed by atoms with Crippen LogP contribution in [0.25, 0.3) is 11.1 Å². The number of hydrogen-bond donors (Lipinski definition) is 0. The number of hydrogen-bond acceptors (Lipinski definition) is 5. The van der Waals surface area contributed by atoms with E-state index in [2.05, 4.69) is 4.98 Å². The van der Waals surface area contributed by atoms with Gasteiger partial charge >= 0.3 is 0 Å². The zero-order valence-corrected chi connectivity index (χ0v) is 16.9. The molecule has 154 valence electrons. The number of fused-ring (bicyclic) bond motifs is 1. The highest BCUT2D eigenvalue weighted by Gasteiger charge is 2.32. The molecule has 0 radical (unpaired) electrons. The van der Waals surface area contributed by atoms with Gasteiger partial charge in [0.25, 0.3) is 0 Å². The lowest BCUT2D eigenvalue weighted by Gasteiger charge is -2.26. The van der Waals surface area contributed by atoms with Crippen molar-refractivity contribution in [2.45, 2.75) is 31.2 Å². The van der Waals surface area contributed by atoms with Crippen LogP contribution in [-0.4, -0.2) is 43.4 Å². The molecule has 0 amide bonds. The minimum atomic E-state index is -3.77. The molecular formula is C20H21F2N3O3S. The number of sulfonamides is 1. The first kappa shape index (κ1) is 19.8. The molecule has 9 heteroatoms. The van der Waals surface area contributed by atoms with Crippen LogP contribution in [0.1, 0.15) is 19.2 Å². The van der Waals surface area contributed by atoms with Crippen LogP contribution in [0, 0.1) is 18.6 Å². The van der Waals surface area contributed by atoms with Gasteiger partial charge in [-0.25, -0.2) is 22.2 Å². The molecule has 2 aromatic carbocycles. The summed E-state index contributed by atoms with van der Waals surface area (Å²) < 4.78 is 60.8. The van der Waals surface area contributed by atoms with Crippen molar-refractivity contribution in [2.24, 2.45) is 0 Å². The molecule has 0 N–H and O–H groups in total. The Bertz CT molecular complexity index is 1160. The maximum Gasteiger partial charge on any atom is 0.243 e. The molecule has 1 aliphatic heterocycles. The number of nitrogens with zero attached hydrogens (tertiary/aromatic N) is 3. The molecule has 6 nitrogen and oxygen atoms in total. The maximum atomic E-state index is 14.2. The Balaban J connectivity index is 1.61. The fourth-order valence-corrected chi connectivity index (χ4v) is 5.36. The monoisotopic (exact) mass is 421 g/mol. The van der Waals surface area contributed by atoms with Gasteiger partial charge in [-0.05, 0) is 37.6 Å². The van der Waals surface area contributed by atoms with Crippen molar-refractivity contribution in [3.8, 4) is 0 Å². The van der Waals surface area contributed by atoms with E-state index in [4.69, 9.17) is 4.42 Å². The first-order valence-corrected chi connectivity index (χ1v) is 10.8. The molecule has 3 aromatic rings. The van der Waals surface area contributed by atoms with Gasteiger partial charge in [0.15, 0.2) is 11.5 Å². The molecule has 1 fully saturated rings. The molecule has 1 saturated heterocycles. The highest BCUT2D eigenvalue weighted by atomic mass is 32.2. The zero-order valence-electron chi connectivity index (χ0n) is 16.1. The Morgan fingerprint density at radius 1 is 1.10 bits per heavy atom. The molecule has 0 bridgehead atoms. The first-order valence-electron chi connectivity index (χ1n) is 9.35. The molecule has 1 aromatic heterocycles. The average Bonchev–Trinajstić information content (AvgIpc) is 2.92. The van der Waals surface area contributed by atoms with Crippen molar-refractivity contribution < 1.29 is 21.6 Å². The highest BCUT2D eigenvalue weighted by molar-refractivity contribution is 7.89. The third kappa shape index (κ3) is 3.72. The van der Waals surface area contributed by atoms with Gasteiger partial charge in [0, 0.05) is 44.7 Å². The largest absolute Gasteiger partial charge is 0.441 e. The summed E-state index contributed by atoms with van der Waals surface area (Å²) in [6.45, 7) is 4.49. The summed E-state index contributed by atoms with van der Waals surface area (Å²) in [7, 11) is -3.77. The number of rotatable bonds is 3. The Kier molecular flexibility index (Phi) is 5.04. The summed E-state index contributed by atoms with van der Waals surface area (Å²) in [6, 6.07) is 7.79. The lowest BCUT2D eigenvalue weighted by Crippen LogP contribution is -2.39. The lowest BCUT2D eigenvalue weighted by atomic mass is 10.2. The summed E-state index contributed by atoms with van der Waals surface area (Å²) in [4.78, 5) is 6.08. The SMILES string of the molecule is Cc1nc2ccc(S(=O)(=O)N3CCN(c4ccc(F)cc4F)CCC3C)cc2o1. The van der Waals surface area contributed by atoms with E-state index in [0.29, 0.717) is 36.5 Å². The Morgan fingerprint density at radius 3 is 2.66 bits per heavy atom. The fourth-order valence-electron chi connectivity index (χ4n) is 3.69. The Hall–Kier alpha value is -2.52. The second kappa shape index (κ2) is 7.38. The maximum absolute atomic E-state index is 14.2. The van der Waals surface area contributed by atoms with Gasteiger partial charge < -0.3 is 9.32 Å². The van der Waals surface area contributed by atoms with Crippen LogP contribution in [0.15, 0.2) is 45.7 Å². The smallest absolute Gasteiger partial charge is 0.243 e. The average molecular weight is 421 g/mol. The van der Waals surface area contributed by atoms with Crippen molar-refractivity contribution in [1.82, 2.24) is 9.29 Å². The second-order valence-corrected chi connectivity index (χ2v) is 9.09. The normalized spacial score (nSPS) is 18.9. The molecule has 1 atom stereocenters. The van der Waals surface area contributed by atoms with Crippen LogP contribution in [0.3, 0.4) is 0 Å². The molecule has 4 rings (SSSR count). The molecular weight excluding hydrogens is 400 g/mol. The first-order chi connectivity index (χ1) is 13.8. The number of aryl methyl sites for hydroxylation is 1. The van der Waals surface area contributed by atoms with Gasteiger partial charge in [0.1, 0.15) is 17.2 Å². The third-order valence-electron chi connectivity index (χ3n) is 5.22. The molecule has 2 heterocycles. The van der Waals surface area contributed by atoms with Crippen LogP contribution in [-0.2, 0) is 10.0 Å². The van der Waals surface area contributed by atoms with E-state index < -0.39 is 21.7 Å². The van der Waals surface area contributed by atoms with Gasteiger partial charge in [-0.3, -0.25) is 0 Å². The van der Waals surface area contributed by atoms with E-state index in [1.54, 1.807) is 17.9 Å². The predicted octanol–water partition coefficient (Wildman–Crippen LogP) is 3.70. The van der Waals surface area contributed by atoms with Gasteiger partial charge in [-0.1, -0.05) is 0 Å². The molecule has 0 spiro atoms. The minimum Gasteiger partial charge on any atom is -0.441 e. The summed E-state index contributed by atoms with van der Waals surface area (Å²) in [5, 5.41) is 0. The lowest BCUT2D eigenvalue weighted by molar-refractivity contribution is 0.350. The molecule has 1 unspecified atom stereocenters. The van der Waals surface area contributed by atoms with Gasteiger partial charge in [0.2, 0.25) is 10.0 Å². The second-order valence-electron chi connectivity index (χ2n) is 7.20. The fraction of sp³-hybridized carbons (Fsp3) is 0.350.